The van der Waals surface area contributed by atoms with Gasteiger partial charge in [0.25, 0.3) is 0 Å². The summed E-state index contributed by atoms with van der Waals surface area (Å²) >= 11 is 0. The normalized spacial score (nSPS) is 11.2. The number of unbranched alkanes of at least 4 members (excludes halogenated alkanes) is 1. The van der Waals surface area contributed by atoms with Crippen molar-refractivity contribution in [2.75, 3.05) is 13.6 Å². The van der Waals surface area contributed by atoms with Crippen molar-refractivity contribution < 1.29 is 4.79 Å². The number of benzene rings is 1. The minimum Gasteiger partial charge on any atom is -0.342 e. The van der Waals surface area contributed by atoms with E-state index in [-0.39, 0.29) is 5.91 Å². The van der Waals surface area contributed by atoms with Crippen molar-refractivity contribution in [3.8, 4) is 0 Å². The van der Waals surface area contributed by atoms with E-state index in [9.17, 15) is 4.79 Å². The molecule has 1 aromatic rings. The lowest BCUT2D eigenvalue weighted by Crippen LogP contribution is -2.25. The molecular weight excluding hydrogens is 234 g/mol. The molecule has 0 aliphatic heterocycles. The van der Waals surface area contributed by atoms with E-state index >= 15 is 0 Å². The van der Waals surface area contributed by atoms with Crippen LogP contribution in [0.5, 0.6) is 0 Å². The van der Waals surface area contributed by atoms with E-state index in [2.05, 4.69) is 45.0 Å². The van der Waals surface area contributed by atoms with Crippen molar-refractivity contribution in [2.45, 2.75) is 39.5 Å². The monoisotopic (exact) mass is 259 g/mol. The molecule has 1 rings (SSSR count). The van der Waals surface area contributed by atoms with Crippen LogP contribution in [0.3, 0.4) is 0 Å². The first-order valence-electron chi connectivity index (χ1n) is 7.07. The van der Waals surface area contributed by atoms with Crippen LogP contribution in [0.4, 0.5) is 0 Å². The molecular formula is C17H25NO. The summed E-state index contributed by atoms with van der Waals surface area (Å²) in [5.74, 6) is 0.612. The molecule has 0 spiro atoms. The Hall–Kier alpha value is -1.57. The molecule has 0 aliphatic rings. The summed E-state index contributed by atoms with van der Waals surface area (Å²) in [4.78, 5) is 13.6. The maximum absolute atomic E-state index is 11.8. The van der Waals surface area contributed by atoms with Gasteiger partial charge >= 0.3 is 0 Å². The maximum Gasteiger partial charge on any atom is 0.246 e. The van der Waals surface area contributed by atoms with Gasteiger partial charge in [-0.15, -0.1) is 0 Å². The molecule has 0 bridgehead atoms. The van der Waals surface area contributed by atoms with Crippen LogP contribution in [0, 0.1) is 0 Å². The second-order valence-electron chi connectivity index (χ2n) is 5.27. The minimum atomic E-state index is 0.0707. The summed E-state index contributed by atoms with van der Waals surface area (Å²) in [6.45, 7) is 7.31. The van der Waals surface area contributed by atoms with Gasteiger partial charge < -0.3 is 4.90 Å². The van der Waals surface area contributed by atoms with Crippen LogP contribution in [0.25, 0.3) is 6.08 Å². The lowest BCUT2D eigenvalue weighted by atomic mass is 10.0. The van der Waals surface area contributed by atoms with E-state index in [0.717, 1.165) is 24.9 Å². The minimum absolute atomic E-state index is 0.0707. The molecule has 0 unspecified atom stereocenters. The molecule has 0 aromatic heterocycles. The van der Waals surface area contributed by atoms with Crippen LogP contribution in [0.1, 0.15) is 50.7 Å². The molecule has 0 saturated carbocycles. The first kappa shape index (κ1) is 15.5. The summed E-state index contributed by atoms with van der Waals surface area (Å²) in [5.41, 5.74) is 2.39. The highest BCUT2D eigenvalue weighted by molar-refractivity contribution is 5.91. The average Bonchev–Trinajstić information content (AvgIpc) is 2.42. The first-order chi connectivity index (χ1) is 9.04. The Kier molecular flexibility index (Phi) is 6.34. The number of amides is 1. The van der Waals surface area contributed by atoms with Crippen LogP contribution >= 0.6 is 0 Å². The fourth-order valence-corrected chi connectivity index (χ4v) is 1.79. The van der Waals surface area contributed by atoms with Gasteiger partial charge in [0.2, 0.25) is 5.91 Å². The average molecular weight is 259 g/mol. The summed E-state index contributed by atoms with van der Waals surface area (Å²) in [6, 6.07) is 8.36. The van der Waals surface area contributed by atoms with Crippen molar-refractivity contribution in [1.29, 1.82) is 0 Å². The van der Waals surface area contributed by atoms with Gasteiger partial charge in [-0.2, -0.15) is 0 Å². The molecule has 104 valence electrons. The highest BCUT2D eigenvalue weighted by Crippen LogP contribution is 2.15. The Morgan fingerprint density at radius 2 is 1.89 bits per heavy atom. The SMILES string of the molecule is CCCCN(C)C(=O)/C=C/c1ccc(C(C)C)cc1. The van der Waals surface area contributed by atoms with E-state index in [4.69, 9.17) is 0 Å². The second kappa shape index (κ2) is 7.78. The van der Waals surface area contributed by atoms with Gasteiger partial charge in [-0.1, -0.05) is 51.5 Å². The number of likely N-dealkylation sites (N-methyl/N-ethyl adjacent to an activating group) is 1. The zero-order valence-corrected chi connectivity index (χ0v) is 12.5. The highest BCUT2D eigenvalue weighted by atomic mass is 16.2. The van der Waals surface area contributed by atoms with Crippen LogP contribution in [0.2, 0.25) is 0 Å². The fourth-order valence-electron chi connectivity index (χ4n) is 1.79. The number of rotatable bonds is 6. The first-order valence-corrected chi connectivity index (χ1v) is 7.07. The van der Waals surface area contributed by atoms with E-state index in [0.29, 0.717) is 5.92 Å². The summed E-state index contributed by atoms with van der Waals surface area (Å²) in [5, 5.41) is 0. The molecule has 1 aromatic carbocycles. The number of carbonyl (C=O) groups is 1. The molecule has 0 heterocycles. The lowest BCUT2D eigenvalue weighted by molar-refractivity contribution is -0.124. The predicted octanol–water partition coefficient (Wildman–Crippen LogP) is 4.08. The fraction of sp³-hybridized carbons (Fsp3) is 0.471. The summed E-state index contributed by atoms with van der Waals surface area (Å²) < 4.78 is 0. The van der Waals surface area contributed by atoms with E-state index in [1.54, 1.807) is 11.0 Å². The molecule has 2 heteroatoms. The molecule has 1 amide bonds. The molecule has 19 heavy (non-hydrogen) atoms. The van der Waals surface area contributed by atoms with Crippen molar-refractivity contribution in [1.82, 2.24) is 4.90 Å². The standard InChI is InChI=1S/C17H25NO/c1-5-6-13-18(4)17(19)12-9-15-7-10-16(11-8-15)14(2)3/h7-12,14H,5-6,13H2,1-4H3/b12-9+. The Morgan fingerprint density at radius 1 is 1.26 bits per heavy atom. The largest absolute Gasteiger partial charge is 0.342 e. The van der Waals surface area contributed by atoms with Gasteiger partial charge in [-0.3, -0.25) is 4.79 Å². The van der Waals surface area contributed by atoms with Gasteiger partial charge in [-0.25, -0.2) is 0 Å². The van der Waals surface area contributed by atoms with E-state index in [1.165, 1.54) is 5.56 Å². The molecule has 0 saturated heterocycles. The van der Waals surface area contributed by atoms with Crippen molar-refractivity contribution in [2.24, 2.45) is 0 Å². The molecule has 2 nitrogen and oxygen atoms in total. The Balaban J connectivity index is 2.58. The molecule has 0 N–H and O–H groups in total. The Morgan fingerprint density at radius 3 is 2.42 bits per heavy atom. The van der Waals surface area contributed by atoms with Gasteiger partial charge in [0.05, 0.1) is 0 Å². The molecule has 0 fully saturated rings. The summed E-state index contributed by atoms with van der Waals surface area (Å²) in [7, 11) is 1.85. The number of hydrogen-bond acceptors (Lipinski definition) is 1. The number of hydrogen-bond donors (Lipinski definition) is 0. The molecule has 0 atom stereocenters. The predicted molar refractivity (Wildman–Crippen MR) is 82.1 cm³/mol. The highest BCUT2D eigenvalue weighted by Gasteiger charge is 2.03. The van der Waals surface area contributed by atoms with Crippen LogP contribution < -0.4 is 0 Å². The van der Waals surface area contributed by atoms with Gasteiger partial charge in [0.15, 0.2) is 0 Å². The number of nitrogens with zero attached hydrogens (tertiary/aromatic N) is 1. The second-order valence-corrected chi connectivity index (χ2v) is 5.27. The van der Waals surface area contributed by atoms with E-state index < -0.39 is 0 Å². The summed E-state index contributed by atoms with van der Waals surface area (Å²) in [6.07, 6.45) is 5.70. The third-order valence-corrected chi connectivity index (χ3v) is 3.24. The Labute approximate surface area is 117 Å². The van der Waals surface area contributed by atoms with Crippen molar-refractivity contribution >= 4 is 12.0 Å². The Bertz CT molecular complexity index is 417. The zero-order valence-electron chi connectivity index (χ0n) is 12.5. The van der Waals surface area contributed by atoms with Crippen LogP contribution in [0.15, 0.2) is 30.3 Å². The number of carbonyl (C=O) groups excluding carboxylic acids is 1. The van der Waals surface area contributed by atoms with Gasteiger partial charge in [-0.05, 0) is 29.5 Å². The van der Waals surface area contributed by atoms with Crippen LogP contribution in [-0.2, 0) is 4.79 Å². The quantitative estimate of drug-likeness (QED) is 0.705. The van der Waals surface area contributed by atoms with Crippen LogP contribution in [-0.4, -0.2) is 24.4 Å². The lowest BCUT2D eigenvalue weighted by Gasteiger charge is -2.13. The third kappa shape index (κ3) is 5.29. The van der Waals surface area contributed by atoms with E-state index in [1.807, 2.05) is 13.1 Å². The molecule has 0 aliphatic carbocycles. The van der Waals surface area contributed by atoms with Gasteiger partial charge in [0, 0.05) is 19.7 Å². The molecule has 0 radical (unpaired) electrons. The maximum atomic E-state index is 11.8. The van der Waals surface area contributed by atoms with Crippen molar-refractivity contribution in [3.63, 3.8) is 0 Å². The van der Waals surface area contributed by atoms with Gasteiger partial charge in [0.1, 0.15) is 0 Å². The zero-order chi connectivity index (χ0) is 14.3. The smallest absolute Gasteiger partial charge is 0.246 e. The van der Waals surface area contributed by atoms with Crippen molar-refractivity contribution in [3.05, 3.63) is 41.5 Å². The topological polar surface area (TPSA) is 20.3 Å². The third-order valence-electron chi connectivity index (χ3n) is 3.24.